The van der Waals surface area contributed by atoms with Gasteiger partial charge in [0.2, 0.25) is 0 Å². The third kappa shape index (κ3) is 2.34. The summed E-state index contributed by atoms with van der Waals surface area (Å²) in [5, 5.41) is 11.0. The summed E-state index contributed by atoms with van der Waals surface area (Å²) in [5.41, 5.74) is 5.55. The largest absolute Gasteiger partial charge is 0.504 e. The topological polar surface area (TPSA) is 51.2 Å². The van der Waals surface area contributed by atoms with E-state index >= 15 is 0 Å². The third-order valence-corrected chi connectivity index (χ3v) is 5.75. The molecule has 5 heteroatoms. The Hall–Kier alpha value is -2.40. The minimum absolute atomic E-state index is 0.211. The van der Waals surface area contributed by atoms with E-state index in [0.29, 0.717) is 11.5 Å². The van der Waals surface area contributed by atoms with Gasteiger partial charge in [-0.3, -0.25) is 4.90 Å². The van der Waals surface area contributed by atoms with Crippen molar-refractivity contribution in [2.45, 2.75) is 25.8 Å². The van der Waals surface area contributed by atoms with Crippen LogP contribution in [0, 0.1) is 0 Å². The summed E-state index contributed by atoms with van der Waals surface area (Å²) < 4.78 is 16.5. The van der Waals surface area contributed by atoms with Crippen molar-refractivity contribution in [3.8, 4) is 34.1 Å². The van der Waals surface area contributed by atoms with E-state index in [1.54, 1.807) is 21.3 Å². The first-order valence-electron chi connectivity index (χ1n) is 9.04. The zero-order chi connectivity index (χ0) is 18.4. The van der Waals surface area contributed by atoms with Crippen LogP contribution >= 0.6 is 0 Å². The van der Waals surface area contributed by atoms with E-state index in [0.717, 1.165) is 48.4 Å². The first-order valence-corrected chi connectivity index (χ1v) is 9.04. The van der Waals surface area contributed by atoms with Gasteiger partial charge in [0, 0.05) is 18.2 Å². The lowest BCUT2D eigenvalue weighted by Gasteiger charge is -2.41. The predicted octanol–water partition coefficient (Wildman–Crippen LogP) is 3.56. The lowest BCUT2D eigenvalue weighted by molar-refractivity contribution is 0.191. The third-order valence-electron chi connectivity index (χ3n) is 5.75. The van der Waals surface area contributed by atoms with Crippen LogP contribution in [-0.4, -0.2) is 44.4 Å². The average molecular weight is 355 g/mol. The van der Waals surface area contributed by atoms with E-state index in [4.69, 9.17) is 14.2 Å². The van der Waals surface area contributed by atoms with E-state index < -0.39 is 0 Å². The van der Waals surface area contributed by atoms with Crippen molar-refractivity contribution >= 4 is 0 Å². The molecular weight excluding hydrogens is 330 g/mol. The van der Waals surface area contributed by atoms with Gasteiger partial charge in [0.05, 0.1) is 21.3 Å². The second-order valence-corrected chi connectivity index (χ2v) is 6.84. The first kappa shape index (κ1) is 17.0. The Morgan fingerprint density at radius 2 is 1.65 bits per heavy atom. The fraction of sp³-hybridized carbons (Fsp3) is 0.429. The summed E-state index contributed by atoms with van der Waals surface area (Å²) in [5.74, 6) is 2.13. The average Bonchev–Trinajstić information content (AvgIpc) is 2.68. The molecule has 2 aromatic rings. The van der Waals surface area contributed by atoms with Crippen LogP contribution in [0.25, 0.3) is 11.1 Å². The molecule has 1 N–H and O–H groups in total. The van der Waals surface area contributed by atoms with Crippen molar-refractivity contribution in [3.05, 3.63) is 34.9 Å². The van der Waals surface area contributed by atoms with Crippen LogP contribution in [0.1, 0.15) is 29.7 Å². The molecule has 1 aliphatic heterocycles. The SMILES string of the molecule is CCN1CCc2cc(OC)c(O)c3c2[C@@H]1Cc1cc(OC)c(OC)cc1-3. The molecule has 0 aromatic heterocycles. The molecule has 0 fully saturated rings. The molecule has 0 amide bonds. The molecule has 1 atom stereocenters. The summed E-state index contributed by atoms with van der Waals surface area (Å²) in [7, 11) is 4.89. The number of hydrogen-bond acceptors (Lipinski definition) is 5. The minimum Gasteiger partial charge on any atom is -0.504 e. The minimum atomic E-state index is 0.211. The van der Waals surface area contributed by atoms with Crippen molar-refractivity contribution in [2.24, 2.45) is 0 Å². The van der Waals surface area contributed by atoms with Gasteiger partial charge in [-0.25, -0.2) is 0 Å². The molecule has 1 heterocycles. The number of ether oxygens (including phenoxy) is 3. The Bertz CT molecular complexity index is 862. The Morgan fingerprint density at radius 3 is 2.31 bits per heavy atom. The van der Waals surface area contributed by atoms with E-state index in [1.807, 2.05) is 18.2 Å². The van der Waals surface area contributed by atoms with Gasteiger partial charge in [-0.2, -0.15) is 0 Å². The highest BCUT2D eigenvalue weighted by atomic mass is 16.5. The normalized spacial score (nSPS) is 18.1. The molecule has 0 radical (unpaired) electrons. The summed E-state index contributed by atoms with van der Waals surface area (Å²) in [6.07, 6.45) is 1.86. The van der Waals surface area contributed by atoms with E-state index in [9.17, 15) is 5.11 Å². The fourth-order valence-electron chi connectivity index (χ4n) is 4.47. The molecule has 2 aromatic carbocycles. The number of fused-ring (bicyclic) bond motifs is 2. The van der Waals surface area contributed by atoms with Crippen LogP contribution in [0.2, 0.25) is 0 Å². The molecule has 4 rings (SSSR count). The standard InChI is InChI=1S/C21H25NO4/c1-5-22-7-6-12-9-18(26-4)21(23)20-14-11-17(25-3)16(24-2)10-13(14)8-15(22)19(12)20/h9-11,15,23H,5-8H2,1-4H3/t15-/m0/s1. The molecule has 2 aliphatic rings. The summed E-state index contributed by atoms with van der Waals surface area (Å²) in [6, 6.07) is 6.28. The monoisotopic (exact) mass is 355 g/mol. The number of phenols is 1. The van der Waals surface area contributed by atoms with Gasteiger partial charge in [-0.1, -0.05) is 6.92 Å². The number of hydrogen-bond donors (Lipinski definition) is 1. The molecule has 0 unspecified atom stereocenters. The number of nitrogens with zero attached hydrogens (tertiary/aromatic N) is 1. The van der Waals surface area contributed by atoms with Crippen LogP contribution in [0.3, 0.4) is 0 Å². The molecule has 0 bridgehead atoms. The number of benzene rings is 2. The van der Waals surface area contributed by atoms with Gasteiger partial charge < -0.3 is 19.3 Å². The lowest BCUT2D eigenvalue weighted by atomic mass is 9.76. The van der Waals surface area contributed by atoms with Crippen LogP contribution < -0.4 is 14.2 Å². The smallest absolute Gasteiger partial charge is 0.166 e. The van der Waals surface area contributed by atoms with Gasteiger partial charge in [0.15, 0.2) is 23.0 Å². The van der Waals surface area contributed by atoms with Crippen LogP contribution in [0.5, 0.6) is 23.0 Å². The van der Waals surface area contributed by atoms with E-state index in [2.05, 4.69) is 11.8 Å². The highest BCUT2D eigenvalue weighted by molar-refractivity contribution is 5.84. The number of methoxy groups -OCH3 is 3. The fourth-order valence-corrected chi connectivity index (χ4v) is 4.47. The van der Waals surface area contributed by atoms with Gasteiger partial charge in [-0.15, -0.1) is 0 Å². The molecule has 1 aliphatic carbocycles. The Morgan fingerprint density at radius 1 is 1.00 bits per heavy atom. The Balaban J connectivity index is 2.03. The van der Waals surface area contributed by atoms with Crippen molar-refractivity contribution in [2.75, 3.05) is 34.4 Å². The van der Waals surface area contributed by atoms with Gasteiger partial charge >= 0.3 is 0 Å². The predicted molar refractivity (Wildman–Crippen MR) is 101 cm³/mol. The summed E-state index contributed by atoms with van der Waals surface area (Å²) in [4.78, 5) is 2.48. The van der Waals surface area contributed by atoms with Crippen LogP contribution in [0.4, 0.5) is 0 Å². The second kappa shape index (κ2) is 6.40. The van der Waals surface area contributed by atoms with Crippen molar-refractivity contribution in [1.29, 1.82) is 0 Å². The molecule has 0 saturated carbocycles. The second-order valence-electron chi connectivity index (χ2n) is 6.84. The first-order chi connectivity index (χ1) is 12.6. The van der Waals surface area contributed by atoms with Crippen LogP contribution in [0.15, 0.2) is 18.2 Å². The maximum atomic E-state index is 11.0. The van der Waals surface area contributed by atoms with E-state index in [1.165, 1.54) is 11.1 Å². The Kier molecular flexibility index (Phi) is 4.19. The van der Waals surface area contributed by atoms with Crippen molar-refractivity contribution in [3.63, 3.8) is 0 Å². The van der Waals surface area contributed by atoms with Gasteiger partial charge in [-0.05, 0) is 59.8 Å². The van der Waals surface area contributed by atoms with Crippen molar-refractivity contribution < 1.29 is 19.3 Å². The molecule has 0 spiro atoms. The molecule has 0 saturated heterocycles. The van der Waals surface area contributed by atoms with Gasteiger partial charge in [0.25, 0.3) is 0 Å². The highest BCUT2D eigenvalue weighted by Gasteiger charge is 2.37. The molecular formula is C21H25NO4. The molecule has 26 heavy (non-hydrogen) atoms. The molecule has 5 nitrogen and oxygen atoms in total. The summed E-state index contributed by atoms with van der Waals surface area (Å²) >= 11 is 0. The van der Waals surface area contributed by atoms with Gasteiger partial charge in [0.1, 0.15) is 0 Å². The maximum Gasteiger partial charge on any atom is 0.166 e. The highest BCUT2D eigenvalue weighted by Crippen LogP contribution is 2.53. The summed E-state index contributed by atoms with van der Waals surface area (Å²) in [6.45, 7) is 4.20. The number of likely N-dealkylation sites (N-methyl/N-ethyl adjacent to an activating group) is 1. The number of phenolic OH excluding ortho intramolecular Hbond substituents is 1. The zero-order valence-corrected chi connectivity index (χ0v) is 15.8. The number of aromatic hydroxyl groups is 1. The van der Waals surface area contributed by atoms with E-state index in [-0.39, 0.29) is 11.8 Å². The van der Waals surface area contributed by atoms with Crippen molar-refractivity contribution in [1.82, 2.24) is 4.90 Å². The quantitative estimate of drug-likeness (QED) is 0.909. The van der Waals surface area contributed by atoms with Crippen LogP contribution in [-0.2, 0) is 12.8 Å². The zero-order valence-electron chi connectivity index (χ0n) is 15.8. The lowest BCUT2D eigenvalue weighted by Crippen LogP contribution is -2.38. The molecule has 138 valence electrons. The Labute approximate surface area is 154 Å². The maximum absolute atomic E-state index is 11.0. The number of rotatable bonds is 4.